The summed E-state index contributed by atoms with van der Waals surface area (Å²) in [5.41, 5.74) is 0. The summed E-state index contributed by atoms with van der Waals surface area (Å²) in [6, 6.07) is 0. The maximum atomic E-state index is 10.2. The van der Waals surface area contributed by atoms with Gasteiger partial charge in [-0.1, -0.05) is 0 Å². The second kappa shape index (κ2) is 5.19. The van der Waals surface area contributed by atoms with Gasteiger partial charge in [0.1, 0.15) is 0 Å². The lowest BCUT2D eigenvalue weighted by molar-refractivity contribution is -0.137. The highest BCUT2D eigenvalue weighted by Crippen LogP contribution is 2.10. The molecule has 1 fully saturated rings. The number of rotatable bonds is 4. The number of likely N-dealkylation sites (tertiary alicyclic amines) is 1. The van der Waals surface area contributed by atoms with Gasteiger partial charge in [-0.05, 0) is 32.4 Å². The average molecular weight is 187 g/mol. The summed E-state index contributed by atoms with van der Waals surface area (Å²) in [4.78, 5) is 12.4. The molecule has 1 aliphatic heterocycles. The lowest BCUT2D eigenvalue weighted by Gasteiger charge is -2.29. The maximum absolute atomic E-state index is 10.2. The minimum absolute atomic E-state index is 0.210. The van der Waals surface area contributed by atoms with Crippen LogP contribution in [0.25, 0.3) is 0 Å². The second-order valence-electron chi connectivity index (χ2n) is 3.59. The number of carbonyl (C=O) groups is 1. The van der Waals surface area contributed by atoms with Crippen LogP contribution in [0.2, 0.25) is 0 Å². The number of hydrogen-bond acceptors (Lipinski definition) is 3. The second-order valence-corrected chi connectivity index (χ2v) is 3.59. The third kappa shape index (κ3) is 4.24. The molecule has 0 spiro atoms. The standard InChI is InChI=1S/C9H17NO3/c11-8-3-1-5-10(7-8)6-2-4-9(12)13/h8,11H,1-7H2,(H,12,13). The van der Waals surface area contributed by atoms with Crippen LogP contribution in [-0.2, 0) is 4.79 Å². The molecule has 1 rings (SSSR count). The van der Waals surface area contributed by atoms with E-state index in [9.17, 15) is 9.90 Å². The van der Waals surface area contributed by atoms with Crippen LogP contribution in [0.5, 0.6) is 0 Å². The monoisotopic (exact) mass is 187 g/mol. The fourth-order valence-corrected chi connectivity index (χ4v) is 1.69. The molecule has 2 N–H and O–H groups in total. The zero-order valence-corrected chi connectivity index (χ0v) is 7.78. The van der Waals surface area contributed by atoms with E-state index in [0.717, 1.165) is 25.9 Å². The molecule has 1 heterocycles. The molecule has 0 aliphatic carbocycles. The number of aliphatic hydroxyl groups is 1. The minimum Gasteiger partial charge on any atom is -0.481 e. The number of β-amino-alcohol motifs (C(OH)–C–C–N with tert-alkyl or cyclic N) is 1. The van der Waals surface area contributed by atoms with Crippen LogP contribution < -0.4 is 0 Å². The molecule has 4 nitrogen and oxygen atoms in total. The van der Waals surface area contributed by atoms with E-state index < -0.39 is 5.97 Å². The summed E-state index contributed by atoms with van der Waals surface area (Å²) in [7, 11) is 0. The minimum atomic E-state index is -0.738. The highest BCUT2D eigenvalue weighted by Gasteiger charge is 2.16. The molecule has 0 aromatic carbocycles. The van der Waals surface area contributed by atoms with E-state index in [1.807, 2.05) is 0 Å². The molecule has 1 aliphatic rings. The van der Waals surface area contributed by atoms with Crippen LogP contribution in [0, 0.1) is 0 Å². The molecule has 4 heteroatoms. The maximum Gasteiger partial charge on any atom is 0.303 e. The van der Waals surface area contributed by atoms with Crippen LogP contribution in [-0.4, -0.2) is 46.8 Å². The van der Waals surface area contributed by atoms with Gasteiger partial charge < -0.3 is 15.1 Å². The van der Waals surface area contributed by atoms with Crippen LogP contribution >= 0.6 is 0 Å². The fourth-order valence-electron chi connectivity index (χ4n) is 1.69. The lowest BCUT2D eigenvalue weighted by atomic mass is 10.1. The Morgan fingerprint density at radius 3 is 2.92 bits per heavy atom. The van der Waals surface area contributed by atoms with Crippen molar-refractivity contribution in [3.8, 4) is 0 Å². The first kappa shape index (κ1) is 10.5. The molecule has 1 saturated heterocycles. The molecule has 0 bridgehead atoms. The summed E-state index contributed by atoms with van der Waals surface area (Å²) >= 11 is 0. The van der Waals surface area contributed by atoms with E-state index in [1.54, 1.807) is 0 Å². The number of hydrogen-bond donors (Lipinski definition) is 2. The van der Waals surface area contributed by atoms with Gasteiger partial charge >= 0.3 is 5.97 Å². The normalized spacial score (nSPS) is 24.5. The molecular formula is C9H17NO3. The molecule has 1 atom stereocenters. The van der Waals surface area contributed by atoms with Crippen LogP contribution in [0.4, 0.5) is 0 Å². The predicted molar refractivity (Wildman–Crippen MR) is 48.6 cm³/mol. The summed E-state index contributed by atoms with van der Waals surface area (Å²) in [6.45, 7) is 2.50. The van der Waals surface area contributed by atoms with Gasteiger partial charge in [-0.15, -0.1) is 0 Å². The van der Waals surface area contributed by atoms with Gasteiger partial charge in [0.25, 0.3) is 0 Å². The summed E-state index contributed by atoms with van der Waals surface area (Å²) in [5, 5.41) is 17.8. The Morgan fingerprint density at radius 2 is 2.31 bits per heavy atom. The van der Waals surface area contributed by atoms with E-state index in [1.165, 1.54) is 0 Å². The smallest absolute Gasteiger partial charge is 0.303 e. The van der Waals surface area contributed by atoms with Crippen molar-refractivity contribution in [3.05, 3.63) is 0 Å². The van der Waals surface area contributed by atoms with E-state index in [-0.39, 0.29) is 12.5 Å². The van der Waals surface area contributed by atoms with Gasteiger partial charge in [0.2, 0.25) is 0 Å². The number of nitrogens with zero attached hydrogens (tertiary/aromatic N) is 1. The van der Waals surface area contributed by atoms with Crippen LogP contribution in [0.3, 0.4) is 0 Å². The fraction of sp³-hybridized carbons (Fsp3) is 0.889. The zero-order chi connectivity index (χ0) is 9.68. The van der Waals surface area contributed by atoms with Crippen molar-refractivity contribution in [1.29, 1.82) is 0 Å². The van der Waals surface area contributed by atoms with Crippen molar-refractivity contribution >= 4 is 5.97 Å². The summed E-state index contributed by atoms with van der Waals surface area (Å²) < 4.78 is 0. The molecule has 13 heavy (non-hydrogen) atoms. The topological polar surface area (TPSA) is 60.8 Å². The Labute approximate surface area is 78.2 Å². The van der Waals surface area contributed by atoms with Crippen LogP contribution in [0.15, 0.2) is 0 Å². The molecule has 0 aromatic heterocycles. The van der Waals surface area contributed by atoms with Gasteiger partial charge in [-0.3, -0.25) is 4.79 Å². The molecule has 76 valence electrons. The highest BCUT2D eigenvalue weighted by atomic mass is 16.4. The first-order chi connectivity index (χ1) is 6.18. The van der Waals surface area contributed by atoms with E-state index in [0.29, 0.717) is 13.0 Å². The van der Waals surface area contributed by atoms with Crippen molar-refractivity contribution in [1.82, 2.24) is 4.90 Å². The molecule has 0 aromatic rings. The number of carboxylic acid groups (broad SMARTS) is 1. The first-order valence-corrected chi connectivity index (χ1v) is 4.80. The number of aliphatic carboxylic acids is 1. The van der Waals surface area contributed by atoms with Crippen molar-refractivity contribution in [3.63, 3.8) is 0 Å². The van der Waals surface area contributed by atoms with Gasteiger partial charge in [0, 0.05) is 13.0 Å². The average Bonchev–Trinajstić information content (AvgIpc) is 2.03. The van der Waals surface area contributed by atoms with Crippen molar-refractivity contribution in [2.45, 2.75) is 31.8 Å². The molecular weight excluding hydrogens is 170 g/mol. The van der Waals surface area contributed by atoms with E-state index in [2.05, 4.69) is 4.90 Å². The number of aliphatic hydroxyl groups excluding tert-OH is 1. The highest BCUT2D eigenvalue weighted by molar-refractivity contribution is 5.66. The Balaban J connectivity index is 2.10. The Kier molecular flexibility index (Phi) is 4.18. The Morgan fingerprint density at radius 1 is 1.54 bits per heavy atom. The van der Waals surface area contributed by atoms with E-state index >= 15 is 0 Å². The summed E-state index contributed by atoms with van der Waals surface area (Å²) in [6.07, 6.45) is 2.61. The predicted octanol–water partition coefficient (Wildman–Crippen LogP) is 0.308. The third-order valence-electron chi connectivity index (χ3n) is 2.35. The SMILES string of the molecule is O=C(O)CCCN1CCCC(O)C1. The Hall–Kier alpha value is -0.610. The van der Waals surface area contributed by atoms with Gasteiger partial charge in [-0.25, -0.2) is 0 Å². The van der Waals surface area contributed by atoms with Crippen molar-refractivity contribution < 1.29 is 15.0 Å². The van der Waals surface area contributed by atoms with E-state index in [4.69, 9.17) is 5.11 Å². The van der Waals surface area contributed by atoms with Gasteiger partial charge in [0.15, 0.2) is 0 Å². The molecule has 0 radical (unpaired) electrons. The van der Waals surface area contributed by atoms with Gasteiger partial charge in [0.05, 0.1) is 6.10 Å². The number of carboxylic acids is 1. The van der Waals surface area contributed by atoms with Crippen molar-refractivity contribution in [2.24, 2.45) is 0 Å². The Bertz CT molecular complexity index is 172. The largest absolute Gasteiger partial charge is 0.481 e. The van der Waals surface area contributed by atoms with Crippen LogP contribution in [0.1, 0.15) is 25.7 Å². The summed E-state index contributed by atoms with van der Waals surface area (Å²) in [5.74, 6) is -0.738. The molecule has 1 unspecified atom stereocenters. The molecule has 0 saturated carbocycles. The van der Waals surface area contributed by atoms with Crippen molar-refractivity contribution in [2.75, 3.05) is 19.6 Å². The lowest BCUT2D eigenvalue weighted by Crippen LogP contribution is -2.38. The zero-order valence-electron chi connectivity index (χ0n) is 7.78. The first-order valence-electron chi connectivity index (χ1n) is 4.80. The molecule has 0 amide bonds. The third-order valence-corrected chi connectivity index (χ3v) is 2.35. The quantitative estimate of drug-likeness (QED) is 0.665. The number of piperidine rings is 1. The van der Waals surface area contributed by atoms with Gasteiger partial charge in [-0.2, -0.15) is 0 Å².